The van der Waals surface area contributed by atoms with E-state index >= 15 is 0 Å². The normalized spacial score (nSPS) is 9.07. The monoisotopic (exact) mass is 190 g/mol. The van der Waals surface area contributed by atoms with E-state index in [1.165, 1.54) is 5.56 Å². The van der Waals surface area contributed by atoms with Crippen molar-refractivity contribution in [2.75, 3.05) is 0 Å². The summed E-state index contributed by atoms with van der Waals surface area (Å²) in [5.74, 6) is 0.858. The Balaban J connectivity index is 0.00000112. The van der Waals surface area contributed by atoms with Crippen LogP contribution >= 0.6 is 0 Å². The molecule has 0 atom stereocenters. The van der Waals surface area contributed by atoms with Gasteiger partial charge in [0.25, 0.3) is 0 Å². The van der Waals surface area contributed by atoms with Gasteiger partial charge in [0.1, 0.15) is 0 Å². The van der Waals surface area contributed by atoms with Gasteiger partial charge in [-0.15, -0.1) is 12.1 Å². The van der Waals surface area contributed by atoms with Crippen LogP contribution in [0.2, 0.25) is 0 Å². The first kappa shape index (κ1) is 11.9. The van der Waals surface area contributed by atoms with Crippen molar-refractivity contribution < 1.29 is 23.6 Å². The van der Waals surface area contributed by atoms with Gasteiger partial charge in [0, 0.05) is 5.75 Å². The van der Waals surface area contributed by atoms with E-state index in [1.807, 2.05) is 54.6 Å². The fourth-order valence-electron chi connectivity index (χ4n) is 1.21. The smallest absolute Gasteiger partial charge is 0.547 e. The maximum Gasteiger partial charge on any atom is 1.00 e. The molecule has 0 radical (unpaired) electrons. The minimum Gasteiger partial charge on any atom is -0.547 e. The quantitative estimate of drug-likeness (QED) is 0.491. The summed E-state index contributed by atoms with van der Waals surface area (Å²) in [7, 11) is 0. The van der Waals surface area contributed by atoms with Crippen LogP contribution in [0.25, 0.3) is 0 Å². The van der Waals surface area contributed by atoms with Gasteiger partial charge >= 0.3 is 18.9 Å². The summed E-state index contributed by atoms with van der Waals surface area (Å²) in [6, 6.07) is 20.6. The molecule has 0 saturated heterocycles. The first-order valence-corrected chi connectivity index (χ1v) is 4.58. The van der Waals surface area contributed by atoms with Crippen molar-refractivity contribution in [3.05, 3.63) is 66.2 Å². The molecular weight excluding hydrogens is 179 g/mol. The molecule has 1 nitrogen and oxygen atoms in total. The molecule has 70 valence electrons. The Kier molecular flexibility index (Phi) is 5.04. The van der Waals surface area contributed by atoms with Crippen molar-refractivity contribution in [3.8, 4) is 5.75 Å². The van der Waals surface area contributed by atoms with Crippen LogP contribution in [0.5, 0.6) is 5.75 Å². The average molecular weight is 190 g/mol. The van der Waals surface area contributed by atoms with E-state index in [0.29, 0.717) is 6.61 Å². The topological polar surface area (TPSA) is 9.23 Å². The van der Waals surface area contributed by atoms with Gasteiger partial charge < -0.3 is 4.74 Å². The number of ether oxygens (including phenoxy) is 1. The summed E-state index contributed by atoms with van der Waals surface area (Å²) in [5.41, 5.74) is 1.18. The van der Waals surface area contributed by atoms with Crippen molar-refractivity contribution in [2.45, 2.75) is 6.61 Å². The fraction of sp³-hybridized carbons (Fsp3) is 0.0769. The Morgan fingerprint density at radius 1 is 1.00 bits per heavy atom. The van der Waals surface area contributed by atoms with Gasteiger partial charge in [-0.25, -0.2) is 0 Å². The van der Waals surface area contributed by atoms with E-state index in [0.717, 1.165) is 5.75 Å². The zero-order chi connectivity index (χ0) is 9.64. The van der Waals surface area contributed by atoms with Gasteiger partial charge in [-0.2, -0.15) is 18.2 Å². The van der Waals surface area contributed by atoms with Crippen LogP contribution in [0.1, 0.15) is 5.56 Å². The molecule has 0 heterocycles. The predicted molar refractivity (Wildman–Crippen MR) is 56.1 cm³/mol. The Hall–Kier alpha value is -1.16. The molecule has 0 aliphatic heterocycles. The van der Waals surface area contributed by atoms with Crippen LogP contribution in [0.4, 0.5) is 0 Å². The molecule has 0 aromatic heterocycles. The van der Waals surface area contributed by atoms with Gasteiger partial charge in [0.15, 0.2) is 0 Å². The largest absolute Gasteiger partial charge is 1.00 e. The van der Waals surface area contributed by atoms with E-state index in [2.05, 4.69) is 6.07 Å². The molecule has 0 bridgehead atoms. The summed E-state index contributed by atoms with van der Waals surface area (Å²) in [4.78, 5) is 0. The van der Waals surface area contributed by atoms with Crippen LogP contribution in [0.15, 0.2) is 54.6 Å². The molecule has 15 heavy (non-hydrogen) atoms. The molecule has 0 saturated carbocycles. The summed E-state index contributed by atoms with van der Waals surface area (Å²) < 4.78 is 5.56. The van der Waals surface area contributed by atoms with E-state index in [-0.39, 0.29) is 18.9 Å². The summed E-state index contributed by atoms with van der Waals surface area (Å²) in [5, 5.41) is 0. The van der Waals surface area contributed by atoms with Crippen LogP contribution in [-0.4, -0.2) is 0 Å². The number of hydrogen-bond donors (Lipinski definition) is 0. The molecular formula is C13H11LiO. The minimum absolute atomic E-state index is 0. The second kappa shape index (κ2) is 6.35. The van der Waals surface area contributed by atoms with Crippen LogP contribution in [-0.2, 0) is 6.61 Å². The molecule has 0 N–H and O–H groups in total. The van der Waals surface area contributed by atoms with E-state index in [4.69, 9.17) is 4.74 Å². The molecule has 0 aliphatic rings. The molecule has 2 aromatic carbocycles. The Morgan fingerprint density at radius 3 is 2.47 bits per heavy atom. The molecule has 0 unspecified atom stereocenters. The minimum atomic E-state index is 0. The molecule has 2 aromatic rings. The van der Waals surface area contributed by atoms with E-state index in [1.54, 1.807) is 0 Å². The number of rotatable bonds is 3. The second-order valence-corrected chi connectivity index (χ2v) is 3.01. The van der Waals surface area contributed by atoms with E-state index < -0.39 is 0 Å². The molecule has 0 spiro atoms. The average Bonchev–Trinajstić information content (AvgIpc) is 2.29. The van der Waals surface area contributed by atoms with E-state index in [9.17, 15) is 0 Å². The van der Waals surface area contributed by atoms with Crippen LogP contribution < -0.4 is 23.6 Å². The molecule has 0 aliphatic carbocycles. The first-order valence-electron chi connectivity index (χ1n) is 4.58. The van der Waals surface area contributed by atoms with Crippen molar-refractivity contribution in [1.29, 1.82) is 0 Å². The molecule has 2 heteroatoms. The van der Waals surface area contributed by atoms with Gasteiger partial charge in [-0.3, -0.25) is 0 Å². The Labute approximate surface area is 102 Å². The van der Waals surface area contributed by atoms with Gasteiger partial charge in [-0.1, -0.05) is 30.3 Å². The van der Waals surface area contributed by atoms with Crippen molar-refractivity contribution in [1.82, 2.24) is 0 Å². The van der Waals surface area contributed by atoms with Gasteiger partial charge in [-0.05, 0) is 5.56 Å². The molecule has 2 rings (SSSR count). The van der Waals surface area contributed by atoms with Crippen LogP contribution in [0, 0.1) is 6.07 Å². The van der Waals surface area contributed by atoms with Gasteiger partial charge in [0.2, 0.25) is 0 Å². The Morgan fingerprint density at radius 2 is 1.80 bits per heavy atom. The zero-order valence-electron chi connectivity index (χ0n) is 8.81. The summed E-state index contributed by atoms with van der Waals surface area (Å²) in [6.07, 6.45) is 0. The van der Waals surface area contributed by atoms with Crippen LogP contribution in [0.3, 0.4) is 0 Å². The third-order valence-corrected chi connectivity index (χ3v) is 1.93. The number of hydrogen-bond acceptors (Lipinski definition) is 1. The summed E-state index contributed by atoms with van der Waals surface area (Å²) in [6.45, 7) is 0.610. The standard InChI is InChI=1S/C13H11O.Li/c1-3-7-12(8-4-1)11-14-13-9-5-2-6-10-13;/h1-5,7-10H,11H2;/q-1;+1. The molecule has 0 fully saturated rings. The third kappa shape index (κ3) is 3.83. The second-order valence-electron chi connectivity index (χ2n) is 3.01. The van der Waals surface area contributed by atoms with Crippen molar-refractivity contribution in [3.63, 3.8) is 0 Å². The summed E-state index contributed by atoms with van der Waals surface area (Å²) >= 11 is 0. The van der Waals surface area contributed by atoms with Crippen molar-refractivity contribution in [2.24, 2.45) is 0 Å². The van der Waals surface area contributed by atoms with Gasteiger partial charge in [0.05, 0.1) is 6.61 Å². The Bertz CT molecular complexity index is 333. The predicted octanol–water partition coefficient (Wildman–Crippen LogP) is 0.0698. The SMILES string of the molecule is [Li+].[c-]1cccc(OCc2ccccc2)c1. The number of benzene rings is 2. The molecule has 0 amide bonds. The zero-order valence-corrected chi connectivity index (χ0v) is 8.81. The third-order valence-electron chi connectivity index (χ3n) is 1.93. The maximum atomic E-state index is 5.56. The van der Waals surface area contributed by atoms with Crippen molar-refractivity contribution >= 4 is 0 Å². The fourth-order valence-corrected chi connectivity index (χ4v) is 1.21. The maximum absolute atomic E-state index is 5.56. The first-order chi connectivity index (χ1) is 6.95.